The van der Waals surface area contributed by atoms with Gasteiger partial charge >= 0.3 is 11.3 Å². The minimum Gasteiger partial charge on any atom is -0.444 e. The van der Waals surface area contributed by atoms with Crippen molar-refractivity contribution in [2.24, 2.45) is 0 Å². The number of nitrogens with one attached hydrogen (secondary N) is 2. The van der Waals surface area contributed by atoms with E-state index in [0.717, 1.165) is 0 Å². The number of aromatic nitrogens is 2. The molecule has 1 aromatic heterocycles. The number of sulfone groups is 1. The molecule has 0 spiro atoms. The number of hydrogen-bond acceptors (Lipinski definition) is 8. The number of benzene rings is 1. The number of carbonyl (C=O) groups excluding carboxylic acids is 2. The fourth-order valence-electron chi connectivity index (χ4n) is 2.21. The van der Waals surface area contributed by atoms with Gasteiger partial charge < -0.3 is 19.8 Å². The lowest BCUT2D eigenvalue weighted by molar-refractivity contribution is -0.113. The molecule has 30 heavy (non-hydrogen) atoms. The van der Waals surface area contributed by atoms with Gasteiger partial charge in [0, 0.05) is 23.7 Å². The molecular formula is C18H23ClN4O6S. The summed E-state index contributed by atoms with van der Waals surface area (Å²) in [6, 6.07) is 4.89. The van der Waals surface area contributed by atoms with Crippen molar-refractivity contribution in [3.8, 4) is 0 Å². The van der Waals surface area contributed by atoms with Crippen LogP contribution in [-0.4, -0.2) is 48.5 Å². The zero-order chi connectivity index (χ0) is 22.5. The molecule has 1 heterocycles. The number of carbonyl (C=O) groups is 2. The van der Waals surface area contributed by atoms with E-state index in [2.05, 4.69) is 20.8 Å². The normalized spacial score (nSPS) is 11.8. The molecule has 0 saturated heterocycles. The summed E-state index contributed by atoms with van der Waals surface area (Å²) in [5.41, 5.74) is 0.379. The maximum Gasteiger partial charge on any atom is 0.407 e. The second-order valence-electron chi connectivity index (χ2n) is 7.36. The standard InChI is InChI=1S/C18H23ClN4O6S/c1-11-12(19)6-5-7-13(11)21-14(24)10-30(26,27)17-23-22-15(28-17)8-9-20-16(25)29-18(2,3)4/h5-7H,8-10H2,1-4H3,(H,20,25)(H,21,24). The van der Waals surface area contributed by atoms with Crippen molar-refractivity contribution >= 4 is 39.1 Å². The van der Waals surface area contributed by atoms with Crippen LogP contribution in [0.5, 0.6) is 0 Å². The molecule has 0 aliphatic heterocycles. The van der Waals surface area contributed by atoms with Crippen LogP contribution in [0.4, 0.5) is 10.5 Å². The van der Waals surface area contributed by atoms with Gasteiger partial charge in [-0.25, -0.2) is 13.2 Å². The number of amides is 2. The van der Waals surface area contributed by atoms with E-state index < -0.39 is 38.4 Å². The topological polar surface area (TPSA) is 140 Å². The number of hydrogen-bond donors (Lipinski definition) is 2. The molecule has 10 nitrogen and oxygen atoms in total. The second-order valence-corrected chi connectivity index (χ2v) is 9.63. The van der Waals surface area contributed by atoms with Gasteiger partial charge in [0.1, 0.15) is 11.4 Å². The van der Waals surface area contributed by atoms with Crippen molar-refractivity contribution in [1.29, 1.82) is 0 Å². The lowest BCUT2D eigenvalue weighted by atomic mass is 10.2. The van der Waals surface area contributed by atoms with E-state index in [4.69, 9.17) is 20.8 Å². The molecule has 0 bridgehead atoms. The number of halogens is 1. The van der Waals surface area contributed by atoms with Crippen molar-refractivity contribution in [2.75, 3.05) is 17.6 Å². The Balaban J connectivity index is 1.92. The summed E-state index contributed by atoms with van der Waals surface area (Å²) in [5.74, 6) is -1.65. The van der Waals surface area contributed by atoms with Crippen molar-refractivity contribution in [3.63, 3.8) is 0 Å². The third kappa shape index (κ3) is 6.99. The Hall–Kier alpha value is -2.66. The predicted octanol–water partition coefficient (Wildman–Crippen LogP) is 2.51. The van der Waals surface area contributed by atoms with Gasteiger partial charge in [-0.1, -0.05) is 22.8 Å². The van der Waals surface area contributed by atoms with Crippen LogP contribution in [0.15, 0.2) is 27.8 Å². The summed E-state index contributed by atoms with van der Waals surface area (Å²) in [6.07, 6.45) is -0.529. The van der Waals surface area contributed by atoms with Gasteiger partial charge in [-0.2, -0.15) is 0 Å². The van der Waals surface area contributed by atoms with Crippen molar-refractivity contribution in [2.45, 2.75) is 44.9 Å². The third-order valence-electron chi connectivity index (χ3n) is 3.58. The van der Waals surface area contributed by atoms with Crippen LogP contribution in [0.1, 0.15) is 32.2 Å². The maximum absolute atomic E-state index is 12.4. The Morgan fingerprint density at radius 2 is 1.93 bits per heavy atom. The highest BCUT2D eigenvalue weighted by atomic mass is 35.5. The number of ether oxygens (including phenoxy) is 1. The van der Waals surface area contributed by atoms with Gasteiger partial charge in [-0.3, -0.25) is 4.79 Å². The Kier molecular flexibility index (Phi) is 7.43. The summed E-state index contributed by atoms with van der Waals surface area (Å²) in [6.45, 7) is 6.98. The first-order valence-corrected chi connectivity index (χ1v) is 11.0. The smallest absolute Gasteiger partial charge is 0.407 e. The lowest BCUT2D eigenvalue weighted by Crippen LogP contribution is -2.33. The molecule has 1 aromatic carbocycles. The number of alkyl carbamates (subject to hydrolysis) is 1. The molecule has 2 rings (SSSR count). The van der Waals surface area contributed by atoms with Crippen LogP contribution in [0.2, 0.25) is 5.02 Å². The van der Waals surface area contributed by atoms with Gasteiger partial charge in [0.2, 0.25) is 21.6 Å². The largest absolute Gasteiger partial charge is 0.444 e. The van der Waals surface area contributed by atoms with Crippen LogP contribution in [0.25, 0.3) is 0 Å². The maximum atomic E-state index is 12.4. The van der Waals surface area contributed by atoms with Crippen molar-refractivity contribution in [3.05, 3.63) is 34.7 Å². The highest BCUT2D eigenvalue weighted by Crippen LogP contribution is 2.23. The first kappa shape index (κ1) is 23.6. The Morgan fingerprint density at radius 3 is 2.60 bits per heavy atom. The first-order valence-electron chi connectivity index (χ1n) is 8.94. The van der Waals surface area contributed by atoms with E-state index in [9.17, 15) is 18.0 Å². The molecule has 0 aliphatic rings. The van der Waals surface area contributed by atoms with Crippen LogP contribution >= 0.6 is 11.6 Å². The summed E-state index contributed by atoms with van der Waals surface area (Å²) in [4.78, 5) is 23.7. The Morgan fingerprint density at radius 1 is 1.23 bits per heavy atom. The molecule has 2 aromatic rings. The van der Waals surface area contributed by atoms with E-state index in [0.29, 0.717) is 16.3 Å². The fraction of sp³-hybridized carbons (Fsp3) is 0.444. The van der Waals surface area contributed by atoms with E-state index in [1.54, 1.807) is 45.9 Å². The molecule has 0 saturated carbocycles. The Labute approximate surface area is 179 Å². The van der Waals surface area contributed by atoms with E-state index >= 15 is 0 Å². The summed E-state index contributed by atoms with van der Waals surface area (Å²) < 4.78 is 34.9. The fourth-order valence-corrected chi connectivity index (χ4v) is 3.32. The van der Waals surface area contributed by atoms with Gasteiger partial charge in [0.25, 0.3) is 0 Å². The summed E-state index contributed by atoms with van der Waals surface area (Å²) >= 11 is 5.98. The molecule has 0 unspecified atom stereocenters. The molecule has 2 N–H and O–H groups in total. The van der Waals surface area contributed by atoms with Gasteiger partial charge in [0.05, 0.1) is 0 Å². The monoisotopic (exact) mass is 458 g/mol. The minimum atomic E-state index is -4.14. The average Bonchev–Trinajstić information content (AvgIpc) is 3.07. The SMILES string of the molecule is Cc1c(Cl)cccc1NC(=O)CS(=O)(=O)c1nnc(CCNC(=O)OC(C)(C)C)o1. The van der Waals surface area contributed by atoms with Crippen molar-refractivity contribution < 1.29 is 27.2 Å². The van der Waals surface area contributed by atoms with Crippen LogP contribution in [-0.2, 0) is 25.8 Å². The van der Waals surface area contributed by atoms with Crippen LogP contribution < -0.4 is 10.6 Å². The molecule has 2 amide bonds. The van der Waals surface area contributed by atoms with Gasteiger partial charge in [0.15, 0.2) is 0 Å². The van der Waals surface area contributed by atoms with Crippen molar-refractivity contribution in [1.82, 2.24) is 15.5 Å². The summed E-state index contributed by atoms with van der Waals surface area (Å²) in [7, 11) is -4.14. The lowest BCUT2D eigenvalue weighted by Gasteiger charge is -2.19. The molecular weight excluding hydrogens is 436 g/mol. The zero-order valence-electron chi connectivity index (χ0n) is 17.0. The summed E-state index contributed by atoms with van der Waals surface area (Å²) in [5, 5.41) is 11.9. The zero-order valence-corrected chi connectivity index (χ0v) is 18.6. The van der Waals surface area contributed by atoms with Crippen LogP contribution in [0, 0.1) is 6.92 Å². The Bertz CT molecular complexity index is 1030. The number of nitrogens with zero attached hydrogens (tertiary/aromatic N) is 2. The molecule has 0 aliphatic carbocycles. The van der Waals surface area contributed by atoms with Gasteiger partial charge in [-0.15, -0.1) is 5.10 Å². The highest BCUT2D eigenvalue weighted by Gasteiger charge is 2.26. The first-order chi connectivity index (χ1) is 13.9. The van der Waals surface area contributed by atoms with E-state index in [1.165, 1.54) is 0 Å². The quantitative estimate of drug-likeness (QED) is 0.644. The predicted molar refractivity (Wildman–Crippen MR) is 109 cm³/mol. The van der Waals surface area contributed by atoms with E-state index in [1.807, 2.05) is 0 Å². The van der Waals surface area contributed by atoms with Crippen LogP contribution in [0.3, 0.4) is 0 Å². The average molecular weight is 459 g/mol. The molecule has 12 heteroatoms. The molecule has 0 radical (unpaired) electrons. The van der Waals surface area contributed by atoms with E-state index in [-0.39, 0.29) is 18.9 Å². The molecule has 0 atom stereocenters. The van der Waals surface area contributed by atoms with Gasteiger partial charge in [-0.05, 0) is 45.4 Å². The number of rotatable bonds is 7. The minimum absolute atomic E-state index is 0.00396. The number of anilines is 1. The molecule has 0 fully saturated rings. The molecule has 164 valence electrons. The highest BCUT2D eigenvalue weighted by molar-refractivity contribution is 7.91. The second kappa shape index (κ2) is 9.43. The third-order valence-corrected chi connectivity index (χ3v) is 5.33.